The van der Waals surface area contributed by atoms with E-state index in [4.69, 9.17) is 14.5 Å². The fourth-order valence-electron chi connectivity index (χ4n) is 17.5. The van der Waals surface area contributed by atoms with Gasteiger partial charge in [0.25, 0.3) is 5.79 Å². The summed E-state index contributed by atoms with van der Waals surface area (Å²) in [6, 6.07) is 9.13. The average Bonchev–Trinajstić information content (AvgIpc) is 4.25. The Kier molecular flexibility index (Phi) is 8.80. The third kappa shape index (κ3) is 5.39. The van der Waals surface area contributed by atoms with E-state index in [-0.39, 0.29) is 57.0 Å². The lowest BCUT2D eigenvalue weighted by molar-refractivity contribution is -0.366. The molecule has 8 bridgehead atoms. The Balaban J connectivity index is 1.06. The van der Waals surface area contributed by atoms with Crippen molar-refractivity contribution in [3.05, 3.63) is 117 Å². The van der Waals surface area contributed by atoms with E-state index >= 15 is 9.59 Å². The minimum absolute atomic E-state index is 0.0147. The van der Waals surface area contributed by atoms with Crippen LogP contribution in [0.25, 0.3) is 21.7 Å². The normalized spacial score (nSPS) is 37.0. The Bertz CT molecular complexity index is 3220. The zero-order valence-corrected chi connectivity index (χ0v) is 40.1. The van der Waals surface area contributed by atoms with Crippen molar-refractivity contribution in [2.45, 2.75) is 151 Å². The molecule has 2 aromatic heterocycles. The largest absolute Gasteiger partial charge is 0.507 e. The Morgan fingerprint density at radius 2 is 1.68 bits per heavy atom. The van der Waals surface area contributed by atoms with Crippen LogP contribution in [-0.2, 0) is 11.2 Å². The summed E-state index contributed by atoms with van der Waals surface area (Å²) in [6.07, 6.45) is 9.14. The summed E-state index contributed by atoms with van der Waals surface area (Å²) in [6.45, 7) is 3.26. The Hall–Kier alpha value is -5.52. The highest BCUT2D eigenvalue weighted by molar-refractivity contribution is 6.34. The number of anilines is 1. The van der Waals surface area contributed by atoms with Gasteiger partial charge in [-0.2, -0.15) is 0 Å². The van der Waals surface area contributed by atoms with Crippen molar-refractivity contribution >= 4 is 39.9 Å². The lowest BCUT2D eigenvalue weighted by Crippen LogP contribution is -2.79. The molecule has 7 aliphatic carbocycles. The fourth-order valence-corrected chi connectivity index (χ4v) is 17.5. The van der Waals surface area contributed by atoms with E-state index in [1.165, 1.54) is 12.7 Å². The van der Waals surface area contributed by atoms with Crippen LogP contribution in [0.5, 0.6) is 11.5 Å². The number of aliphatic hydroxyl groups is 5. The van der Waals surface area contributed by atoms with Gasteiger partial charge >= 0.3 is 6.21 Å². The summed E-state index contributed by atoms with van der Waals surface area (Å²) in [5, 5.41) is 86.8. The molecule has 0 amide bonds. The smallest absolute Gasteiger partial charge is 0.301 e. The maximum absolute atomic E-state index is 15.2. The van der Waals surface area contributed by atoms with Crippen molar-refractivity contribution in [1.29, 1.82) is 0 Å². The highest BCUT2D eigenvalue weighted by Crippen LogP contribution is 2.76. The van der Waals surface area contributed by atoms with Crippen LogP contribution in [0.4, 0.5) is 5.82 Å². The Morgan fingerprint density at radius 3 is 2.46 bits per heavy atom. The molecule has 0 unspecified atom stereocenters. The first-order chi connectivity index (χ1) is 34.6. The van der Waals surface area contributed by atoms with E-state index in [1.54, 1.807) is 43.6 Å². The van der Waals surface area contributed by atoms with Crippen LogP contribution in [0.15, 0.2) is 58.7 Å². The number of aromatic hydroxyl groups is 1. The number of H-pyrrole nitrogens is 1. The molecule has 5 aliphatic heterocycles. The van der Waals surface area contributed by atoms with Gasteiger partial charge in [-0.1, -0.05) is 36.2 Å². The molecular formula is C57H58N5O10+. The number of aliphatic hydroxyl groups excluding tert-OH is 5. The molecule has 1 saturated heterocycles. The van der Waals surface area contributed by atoms with E-state index in [0.29, 0.717) is 71.1 Å². The number of fused-ring (bicyclic) bond motifs is 7. The summed E-state index contributed by atoms with van der Waals surface area (Å²) in [4.78, 5) is 43.1. The fraction of sp³-hybridized carbons (Fsp3) is 0.509. The molecule has 16 rings (SSSR count). The average molecular weight is 973 g/mol. The van der Waals surface area contributed by atoms with Crippen LogP contribution in [-0.4, -0.2) is 107 Å². The van der Waals surface area contributed by atoms with E-state index in [9.17, 15) is 30.6 Å². The molecule has 370 valence electrons. The standard InChI is InChI=1S/C57H57N5O10/c1-27-14-33-40(37(63)15-27)46(66)42-38-18-31-30(41(42)45(33)65)6-13-59-50(31)60-23-39(64)55-25-53(9-4-5-10-53)20-35(55)32-17-28(16-29-22-58-26-61-29)62-44(32)34-19-56(71-38)48(68)47(67)49(69)57(72-56)43(34)36(55)21-54(51(57)70)12-11-52(24-54)7-2-3-8-52/h6,13-15,17-19,22,26,35,39,47-49,51,62,64,67-70H,2-5,7-12,16,20-21,23-25H2,1H3,(H-,59,60,63,65,66)/p+1/t35-,39-,47+,48+,49-,51+,54+,55-,56+,57-/m0/s1. The van der Waals surface area contributed by atoms with Gasteiger partial charge in [0.1, 0.15) is 35.9 Å². The molecule has 7 heterocycles. The highest BCUT2D eigenvalue weighted by atomic mass is 16.7. The zero-order chi connectivity index (χ0) is 49.1. The topological polar surface area (TPSA) is 241 Å². The molecule has 4 saturated carbocycles. The number of hydrogen-bond acceptors (Lipinski definition) is 13. The molecule has 0 radical (unpaired) electrons. The van der Waals surface area contributed by atoms with Gasteiger partial charge in [-0.15, -0.1) is 0 Å². The number of hydrogen-bond donors (Lipinski definition) is 8. The van der Waals surface area contributed by atoms with Gasteiger partial charge in [0.15, 0.2) is 23.5 Å². The van der Waals surface area contributed by atoms with Crippen molar-refractivity contribution in [2.24, 2.45) is 26.7 Å². The number of pyridine rings is 1. The third-order valence-electron chi connectivity index (χ3n) is 20.3. The van der Waals surface area contributed by atoms with Crippen molar-refractivity contribution in [3.63, 3.8) is 0 Å². The minimum atomic E-state index is -2.44. The van der Waals surface area contributed by atoms with Crippen LogP contribution < -0.4 is 10.1 Å². The summed E-state index contributed by atoms with van der Waals surface area (Å²) >= 11 is 0. The van der Waals surface area contributed by atoms with Crippen LogP contribution in [0.3, 0.4) is 0 Å². The molecule has 10 atom stereocenters. The number of aromatic nitrogens is 2. The molecule has 5 fully saturated rings. The third-order valence-corrected chi connectivity index (χ3v) is 20.3. The van der Waals surface area contributed by atoms with Gasteiger partial charge in [0.05, 0.1) is 35.7 Å². The second-order valence-electron chi connectivity index (χ2n) is 24.0. The van der Waals surface area contributed by atoms with E-state index in [1.807, 2.05) is 0 Å². The lowest BCUT2D eigenvalue weighted by Gasteiger charge is -2.64. The van der Waals surface area contributed by atoms with E-state index in [0.717, 1.165) is 87.1 Å². The number of nitrogens with one attached hydrogen (secondary N) is 2. The van der Waals surface area contributed by atoms with Crippen molar-refractivity contribution in [3.8, 4) is 11.5 Å². The number of phenols is 1. The summed E-state index contributed by atoms with van der Waals surface area (Å²) in [5.41, 5.74) is 0.253. The number of nitrogens with zero attached hydrogens (tertiary/aromatic N) is 3. The number of aliphatic imine (C=N–C) groups is 1. The number of aromatic amines is 1. The second-order valence-corrected chi connectivity index (χ2v) is 24.0. The van der Waals surface area contributed by atoms with Crippen LogP contribution in [0.2, 0.25) is 0 Å². The molecule has 15 nitrogen and oxygen atoms in total. The van der Waals surface area contributed by atoms with Crippen molar-refractivity contribution in [1.82, 2.24) is 9.97 Å². The van der Waals surface area contributed by atoms with Crippen molar-refractivity contribution in [2.75, 3.05) is 11.9 Å². The van der Waals surface area contributed by atoms with E-state index in [2.05, 4.69) is 26.7 Å². The van der Waals surface area contributed by atoms with Gasteiger partial charge in [-0.25, -0.2) is 4.98 Å². The summed E-state index contributed by atoms with van der Waals surface area (Å²) in [5.74, 6) is -4.25. The maximum atomic E-state index is 15.2. The van der Waals surface area contributed by atoms with Gasteiger partial charge in [0, 0.05) is 51.4 Å². The molecule has 12 aliphatic rings. The number of carbonyl (C=O) groups excluding carboxylic acids is 2. The van der Waals surface area contributed by atoms with E-state index < -0.39 is 64.3 Å². The predicted molar refractivity (Wildman–Crippen MR) is 263 cm³/mol. The monoisotopic (exact) mass is 972 g/mol. The van der Waals surface area contributed by atoms with Gasteiger partial charge in [0.2, 0.25) is 5.78 Å². The first-order valence-electron chi connectivity index (χ1n) is 26.2. The first kappa shape index (κ1) is 44.0. The van der Waals surface area contributed by atoms with Gasteiger partial charge < -0.3 is 50.4 Å². The Morgan fingerprint density at radius 1 is 0.889 bits per heavy atom. The van der Waals surface area contributed by atoms with Crippen molar-refractivity contribution < 1.29 is 49.7 Å². The lowest BCUT2D eigenvalue weighted by atomic mass is 9.50. The summed E-state index contributed by atoms with van der Waals surface area (Å²) < 4.78 is 14.7. The molecule has 4 aromatic rings. The van der Waals surface area contributed by atoms with Gasteiger partial charge in [-0.05, 0) is 146 Å². The first-order valence-corrected chi connectivity index (χ1v) is 26.2. The SMILES string of the molecule is Cc1cc(O)c2c(c1)C(=O)c1c(c3cc4c(nccc14)NC[C@H](O)[C@@]14CC5(CCCC5)C[C@H]1c1cc(C[C+]5C=N[CH+][N-]5)[nH]c1C1=C[C@@]5(O3)O[C@@]3(C1=C4C[C@@]1(CCC4(CCCC4)C1)[C@H]3O)[C@@H](O)[C@H](O)[C@H]5O)C2=O. The van der Waals surface area contributed by atoms with Gasteiger partial charge in [-0.3, -0.25) is 14.9 Å². The van der Waals surface area contributed by atoms with Crippen LogP contribution in [0, 0.1) is 41.3 Å². The Labute approximate surface area is 415 Å². The molecule has 6 spiro atoms. The molecular weight excluding hydrogens is 915 g/mol. The molecule has 8 N–H and O–H groups in total. The summed E-state index contributed by atoms with van der Waals surface area (Å²) in [7, 11) is 0. The number of ether oxygens (including phenoxy) is 2. The number of aryl methyl sites for hydroxylation is 1. The number of benzene rings is 2. The quantitative estimate of drug-likeness (QED) is 0.0831. The van der Waals surface area contributed by atoms with Crippen LogP contribution >= 0.6 is 0 Å². The molecule has 15 heteroatoms. The highest BCUT2D eigenvalue weighted by Gasteiger charge is 2.77. The molecule has 2 aromatic carbocycles. The zero-order valence-electron chi connectivity index (χ0n) is 40.1. The number of ketones is 2. The second kappa shape index (κ2) is 14.4. The predicted octanol–water partition coefficient (Wildman–Crippen LogP) is 7.04. The maximum Gasteiger partial charge on any atom is 0.301 e. The van der Waals surface area contributed by atoms with Crippen LogP contribution in [0.1, 0.15) is 150 Å². The number of phenolic OH excluding ortho intramolecular Hbond substituents is 1. The number of rotatable bonds is 2. The number of carbonyl (C=O) groups is 2. The molecule has 72 heavy (non-hydrogen) atoms. The minimum Gasteiger partial charge on any atom is -0.507 e.